The van der Waals surface area contributed by atoms with Crippen LogP contribution in [0.1, 0.15) is 12.8 Å². The number of hydrogen-bond donors (Lipinski definition) is 2. The van der Waals surface area contributed by atoms with E-state index < -0.39 is 0 Å². The molecule has 0 aromatic heterocycles. The molecule has 18 heavy (non-hydrogen) atoms. The van der Waals surface area contributed by atoms with Crippen molar-refractivity contribution in [2.75, 3.05) is 23.7 Å². The highest BCUT2D eigenvalue weighted by Gasteiger charge is 2.26. The van der Waals surface area contributed by atoms with Gasteiger partial charge in [0.1, 0.15) is 0 Å². The summed E-state index contributed by atoms with van der Waals surface area (Å²) in [4.78, 5) is 13.3. The Balaban J connectivity index is 2.29. The highest BCUT2D eigenvalue weighted by molar-refractivity contribution is 6.39. The highest BCUT2D eigenvalue weighted by atomic mass is 35.5. The summed E-state index contributed by atoms with van der Waals surface area (Å²) in [7, 11) is 0. The third kappa shape index (κ3) is 2.65. The Labute approximate surface area is 116 Å². The topological polar surface area (TPSA) is 72.4 Å². The van der Waals surface area contributed by atoms with Crippen LogP contribution in [0.5, 0.6) is 0 Å². The van der Waals surface area contributed by atoms with E-state index in [4.69, 9.17) is 34.7 Å². The second-order valence-corrected chi connectivity index (χ2v) is 5.34. The fourth-order valence-electron chi connectivity index (χ4n) is 2.30. The fraction of sp³-hybridized carbons (Fsp3) is 0.417. The molecule has 1 aliphatic heterocycles. The Kier molecular flexibility index (Phi) is 3.88. The smallest absolute Gasteiger partial charge is 0.222 e. The van der Waals surface area contributed by atoms with E-state index in [-0.39, 0.29) is 11.8 Å². The van der Waals surface area contributed by atoms with E-state index in [0.717, 1.165) is 25.1 Å². The number of carbonyl (C=O) groups is 1. The number of halogens is 2. The lowest BCUT2D eigenvalue weighted by molar-refractivity contribution is -0.122. The van der Waals surface area contributed by atoms with Crippen LogP contribution >= 0.6 is 23.2 Å². The van der Waals surface area contributed by atoms with Crippen LogP contribution in [0.2, 0.25) is 10.0 Å². The average molecular weight is 288 g/mol. The predicted molar refractivity (Wildman–Crippen MR) is 75.0 cm³/mol. The van der Waals surface area contributed by atoms with Crippen LogP contribution in [0.25, 0.3) is 0 Å². The first kappa shape index (κ1) is 13.3. The summed E-state index contributed by atoms with van der Waals surface area (Å²) in [5.41, 5.74) is 12.3. The van der Waals surface area contributed by atoms with Gasteiger partial charge in [-0.15, -0.1) is 0 Å². The van der Waals surface area contributed by atoms with Gasteiger partial charge in [0, 0.05) is 18.8 Å². The molecule has 0 bridgehead atoms. The first-order chi connectivity index (χ1) is 8.49. The van der Waals surface area contributed by atoms with Crippen LogP contribution in [0.3, 0.4) is 0 Å². The van der Waals surface area contributed by atoms with Crippen molar-refractivity contribution in [3.8, 4) is 0 Å². The molecule has 6 heteroatoms. The molecule has 1 aromatic carbocycles. The second-order valence-electron chi connectivity index (χ2n) is 4.52. The van der Waals surface area contributed by atoms with E-state index in [9.17, 15) is 4.79 Å². The summed E-state index contributed by atoms with van der Waals surface area (Å²) in [5.74, 6) is -0.425. The van der Waals surface area contributed by atoms with E-state index >= 15 is 0 Å². The maximum atomic E-state index is 11.3. The molecule has 1 atom stereocenters. The standard InChI is InChI=1S/C12H15Cl2N3O/c13-9-4-8(15)5-10(14)11(9)17-3-1-2-7(6-17)12(16)18/h4-5,7H,1-3,6,15H2,(H2,16,18). The van der Waals surface area contributed by atoms with Crippen LogP contribution in [0.4, 0.5) is 11.4 Å². The third-order valence-electron chi connectivity index (χ3n) is 3.18. The van der Waals surface area contributed by atoms with Crippen molar-refractivity contribution in [2.45, 2.75) is 12.8 Å². The van der Waals surface area contributed by atoms with E-state index in [1.54, 1.807) is 12.1 Å². The van der Waals surface area contributed by atoms with Crippen molar-refractivity contribution >= 4 is 40.5 Å². The Morgan fingerprint density at radius 1 is 1.33 bits per heavy atom. The largest absolute Gasteiger partial charge is 0.399 e. The summed E-state index contributed by atoms with van der Waals surface area (Å²) < 4.78 is 0. The van der Waals surface area contributed by atoms with Gasteiger partial charge in [-0.25, -0.2) is 0 Å². The maximum absolute atomic E-state index is 11.3. The number of piperidine rings is 1. The molecule has 1 fully saturated rings. The van der Waals surface area contributed by atoms with Crippen molar-refractivity contribution in [3.63, 3.8) is 0 Å². The molecule has 2 rings (SSSR count). The highest BCUT2D eigenvalue weighted by Crippen LogP contribution is 2.37. The van der Waals surface area contributed by atoms with Crippen molar-refractivity contribution < 1.29 is 4.79 Å². The van der Waals surface area contributed by atoms with Crippen molar-refractivity contribution in [3.05, 3.63) is 22.2 Å². The molecule has 1 unspecified atom stereocenters. The van der Waals surface area contributed by atoms with Gasteiger partial charge in [0.2, 0.25) is 5.91 Å². The van der Waals surface area contributed by atoms with Crippen LogP contribution in [0, 0.1) is 5.92 Å². The molecule has 1 aliphatic rings. The maximum Gasteiger partial charge on any atom is 0.222 e. The number of amides is 1. The quantitative estimate of drug-likeness (QED) is 0.820. The zero-order valence-corrected chi connectivity index (χ0v) is 11.3. The predicted octanol–water partition coefficient (Wildman–Crippen LogP) is 2.28. The van der Waals surface area contributed by atoms with E-state index in [2.05, 4.69) is 0 Å². The molecule has 98 valence electrons. The summed E-state index contributed by atoms with van der Waals surface area (Å²) in [6.45, 7) is 1.37. The summed E-state index contributed by atoms with van der Waals surface area (Å²) in [6, 6.07) is 3.33. The molecule has 1 amide bonds. The first-order valence-electron chi connectivity index (χ1n) is 5.78. The zero-order chi connectivity index (χ0) is 13.3. The lowest BCUT2D eigenvalue weighted by Crippen LogP contribution is -2.41. The molecule has 4 nitrogen and oxygen atoms in total. The Morgan fingerprint density at radius 2 is 1.94 bits per heavy atom. The van der Waals surface area contributed by atoms with Crippen LogP contribution in [0.15, 0.2) is 12.1 Å². The monoisotopic (exact) mass is 287 g/mol. The van der Waals surface area contributed by atoms with Gasteiger partial charge in [-0.1, -0.05) is 23.2 Å². The van der Waals surface area contributed by atoms with Crippen molar-refractivity contribution in [1.82, 2.24) is 0 Å². The molecular weight excluding hydrogens is 273 g/mol. The van der Waals surface area contributed by atoms with Crippen molar-refractivity contribution in [1.29, 1.82) is 0 Å². The van der Waals surface area contributed by atoms with Gasteiger partial charge in [0.05, 0.1) is 21.7 Å². The number of benzene rings is 1. The molecule has 1 saturated heterocycles. The number of anilines is 2. The summed E-state index contributed by atoms with van der Waals surface area (Å²) >= 11 is 12.3. The van der Waals surface area contributed by atoms with Gasteiger partial charge in [0.25, 0.3) is 0 Å². The van der Waals surface area contributed by atoms with Crippen LogP contribution < -0.4 is 16.4 Å². The van der Waals surface area contributed by atoms with Crippen LogP contribution in [-0.2, 0) is 4.79 Å². The summed E-state index contributed by atoms with van der Waals surface area (Å²) in [6.07, 6.45) is 1.71. The number of nitrogens with two attached hydrogens (primary N) is 2. The van der Waals surface area contributed by atoms with E-state index in [1.807, 2.05) is 4.90 Å². The van der Waals surface area contributed by atoms with Gasteiger partial charge in [0.15, 0.2) is 0 Å². The molecule has 0 saturated carbocycles. The van der Waals surface area contributed by atoms with E-state index in [1.165, 1.54) is 0 Å². The number of hydrogen-bond acceptors (Lipinski definition) is 3. The Morgan fingerprint density at radius 3 is 2.50 bits per heavy atom. The normalized spacial score (nSPS) is 19.9. The molecule has 4 N–H and O–H groups in total. The molecule has 0 aliphatic carbocycles. The summed E-state index contributed by atoms with van der Waals surface area (Å²) in [5, 5.41) is 1.01. The molecule has 1 aromatic rings. The molecular formula is C12H15Cl2N3O. The number of rotatable bonds is 2. The van der Waals surface area contributed by atoms with Gasteiger partial charge < -0.3 is 16.4 Å². The van der Waals surface area contributed by atoms with E-state index in [0.29, 0.717) is 22.3 Å². The minimum atomic E-state index is -0.276. The lowest BCUT2D eigenvalue weighted by atomic mass is 9.97. The average Bonchev–Trinajstić information content (AvgIpc) is 2.28. The SMILES string of the molecule is NC(=O)C1CCCN(c2c(Cl)cc(N)cc2Cl)C1. The number of nitrogens with zero attached hydrogens (tertiary/aromatic N) is 1. The Bertz CT molecular complexity index is 455. The minimum Gasteiger partial charge on any atom is -0.399 e. The third-order valence-corrected chi connectivity index (χ3v) is 3.76. The van der Waals surface area contributed by atoms with Crippen molar-refractivity contribution in [2.24, 2.45) is 11.7 Å². The molecule has 0 radical (unpaired) electrons. The number of carbonyl (C=O) groups excluding carboxylic acids is 1. The molecule has 1 heterocycles. The van der Waals surface area contributed by atoms with Gasteiger partial charge in [-0.05, 0) is 25.0 Å². The number of nitrogen functional groups attached to an aromatic ring is 1. The van der Waals surface area contributed by atoms with Gasteiger partial charge >= 0.3 is 0 Å². The second kappa shape index (κ2) is 5.24. The first-order valence-corrected chi connectivity index (χ1v) is 6.53. The van der Waals surface area contributed by atoms with Crippen LogP contribution in [-0.4, -0.2) is 19.0 Å². The lowest BCUT2D eigenvalue weighted by Gasteiger charge is -2.34. The fourth-order valence-corrected chi connectivity index (χ4v) is 3.04. The number of primary amides is 1. The van der Waals surface area contributed by atoms with Gasteiger partial charge in [-0.2, -0.15) is 0 Å². The molecule has 0 spiro atoms. The zero-order valence-electron chi connectivity index (χ0n) is 9.83. The minimum absolute atomic E-state index is 0.150. The van der Waals surface area contributed by atoms with Gasteiger partial charge in [-0.3, -0.25) is 4.79 Å². The Hall–Kier alpha value is -1.13.